The van der Waals surface area contributed by atoms with Crippen LogP contribution in [0.4, 0.5) is 0 Å². The van der Waals surface area contributed by atoms with Crippen molar-refractivity contribution in [3.63, 3.8) is 0 Å². The summed E-state index contributed by atoms with van der Waals surface area (Å²) in [5.41, 5.74) is 0.747. The Labute approximate surface area is 132 Å². The number of benzene rings is 1. The molecule has 0 aliphatic carbocycles. The lowest BCUT2D eigenvalue weighted by Gasteiger charge is -2.16. The zero-order chi connectivity index (χ0) is 15.1. The second-order valence-electron chi connectivity index (χ2n) is 5.59. The van der Waals surface area contributed by atoms with Crippen LogP contribution >= 0.6 is 11.6 Å². The first-order valence-electron chi connectivity index (χ1n) is 7.99. The highest BCUT2D eigenvalue weighted by molar-refractivity contribution is 6.31. The van der Waals surface area contributed by atoms with Gasteiger partial charge in [-0.25, -0.2) is 0 Å². The van der Waals surface area contributed by atoms with Crippen LogP contribution < -0.4 is 9.47 Å². The molecule has 0 aromatic heterocycles. The lowest BCUT2D eigenvalue weighted by molar-refractivity contribution is 0.163. The molecule has 1 unspecified atom stereocenters. The Kier molecular flexibility index (Phi) is 6.65. The topological polar surface area (TPSA) is 38.7 Å². The van der Waals surface area contributed by atoms with Gasteiger partial charge in [-0.05, 0) is 12.5 Å². The summed E-state index contributed by atoms with van der Waals surface area (Å²) in [5.74, 6) is 1.37. The molecule has 1 aliphatic rings. The average Bonchev–Trinajstić information content (AvgIpc) is 2.70. The van der Waals surface area contributed by atoms with Crippen molar-refractivity contribution in [2.45, 2.75) is 58.0 Å². The van der Waals surface area contributed by atoms with E-state index in [4.69, 9.17) is 21.1 Å². The predicted octanol–water partition coefficient (Wildman–Crippen LogP) is 4.90. The van der Waals surface area contributed by atoms with Crippen LogP contribution in [0.1, 0.15) is 63.5 Å². The van der Waals surface area contributed by atoms with Crippen LogP contribution in [-0.2, 0) is 0 Å². The lowest BCUT2D eigenvalue weighted by atomic mass is 10.0. The fourth-order valence-corrected chi connectivity index (χ4v) is 2.83. The van der Waals surface area contributed by atoms with Crippen LogP contribution in [-0.4, -0.2) is 18.3 Å². The Hall–Kier alpha value is -0.930. The van der Waals surface area contributed by atoms with Gasteiger partial charge in [-0.2, -0.15) is 0 Å². The number of fused-ring (bicyclic) bond motifs is 1. The maximum Gasteiger partial charge on any atom is 0.162 e. The third kappa shape index (κ3) is 4.79. The molecule has 1 atom stereocenters. The zero-order valence-corrected chi connectivity index (χ0v) is 13.5. The summed E-state index contributed by atoms with van der Waals surface area (Å²) in [6, 6.07) is 3.59. The van der Waals surface area contributed by atoms with E-state index < -0.39 is 6.10 Å². The van der Waals surface area contributed by atoms with Gasteiger partial charge in [0.2, 0.25) is 0 Å². The minimum absolute atomic E-state index is 0.531. The van der Waals surface area contributed by atoms with Crippen molar-refractivity contribution < 1.29 is 14.6 Å². The molecule has 0 saturated carbocycles. The molecule has 1 aromatic rings. The van der Waals surface area contributed by atoms with Gasteiger partial charge in [0.1, 0.15) is 0 Å². The second-order valence-corrected chi connectivity index (χ2v) is 6.00. The van der Waals surface area contributed by atoms with Gasteiger partial charge in [0.05, 0.1) is 24.3 Å². The third-order valence-corrected chi connectivity index (χ3v) is 4.13. The van der Waals surface area contributed by atoms with Gasteiger partial charge in [-0.15, -0.1) is 0 Å². The van der Waals surface area contributed by atoms with Crippen molar-refractivity contribution in [2.75, 3.05) is 13.2 Å². The molecule has 3 nitrogen and oxygen atoms in total. The largest absolute Gasteiger partial charge is 0.490 e. The molecule has 1 heterocycles. The highest BCUT2D eigenvalue weighted by Gasteiger charge is 2.18. The van der Waals surface area contributed by atoms with E-state index in [2.05, 4.69) is 6.92 Å². The van der Waals surface area contributed by atoms with Crippen molar-refractivity contribution in [2.24, 2.45) is 0 Å². The molecule has 4 heteroatoms. The summed E-state index contributed by atoms with van der Waals surface area (Å²) in [6.07, 6.45) is 6.98. The van der Waals surface area contributed by atoms with Crippen LogP contribution in [0, 0.1) is 0 Å². The van der Waals surface area contributed by atoms with Crippen LogP contribution in [0.5, 0.6) is 11.5 Å². The number of ether oxygens (including phenoxy) is 2. The van der Waals surface area contributed by atoms with E-state index in [1.54, 1.807) is 6.07 Å². The molecular formula is C17H25ClO3. The first kappa shape index (κ1) is 16.4. The predicted molar refractivity (Wildman–Crippen MR) is 85.4 cm³/mol. The smallest absolute Gasteiger partial charge is 0.162 e. The molecular weight excluding hydrogens is 288 g/mol. The molecule has 1 aliphatic heterocycles. The maximum atomic E-state index is 10.3. The first-order valence-corrected chi connectivity index (χ1v) is 8.37. The van der Waals surface area contributed by atoms with E-state index in [1.807, 2.05) is 6.07 Å². The molecule has 21 heavy (non-hydrogen) atoms. The highest BCUT2D eigenvalue weighted by Crippen LogP contribution is 2.38. The number of unbranched alkanes of at least 4 members (excludes halogenated alkanes) is 4. The van der Waals surface area contributed by atoms with Gasteiger partial charge >= 0.3 is 0 Å². The van der Waals surface area contributed by atoms with Crippen molar-refractivity contribution >= 4 is 11.6 Å². The van der Waals surface area contributed by atoms with Gasteiger partial charge < -0.3 is 14.6 Å². The minimum Gasteiger partial charge on any atom is -0.490 e. The Bertz CT molecular complexity index is 448. The third-order valence-electron chi connectivity index (χ3n) is 3.81. The Balaban J connectivity index is 1.96. The monoisotopic (exact) mass is 312 g/mol. The number of halogens is 1. The van der Waals surface area contributed by atoms with Crippen LogP contribution in [0.25, 0.3) is 0 Å². The van der Waals surface area contributed by atoms with E-state index in [-0.39, 0.29) is 0 Å². The summed E-state index contributed by atoms with van der Waals surface area (Å²) in [4.78, 5) is 0. The van der Waals surface area contributed by atoms with Crippen molar-refractivity contribution in [1.29, 1.82) is 0 Å². The molecule has 0 amide bonds. The maximum absolute atomic E-state index is 10.3. The van der Waals surface area contributed by atoms with Gasteiger partial charge in [-0.1, -0.05) is 50.6 Å². The van der Waals surface area contributed by atoms with Crippen LogP contribution in [0.2, 0.25) is 5.02 Å². The van der Waals surface area contributed by atoms with Crippen LogP contribution in [0.3, 0.4) is 0 Å². The zero-order valence-electron chi connectivity index (χ0n) is 12.7. The fourth-order valence-electron chi connectivity index (χ4n) is 2.55. The Morgan fingerprint density at radius 1 is 1.10 bits per heavy atom. The first-order chi connectivity index (χ1) is 10.2. The number of rotatable bonds is 7. The number of hydrogen-bond acceptors (Lipinski definition) is 3. The molecule has 0 bridgehead atoms. The molecule has 2 rings (SSSR count). The molecule has 0 saturated heterocycles. The number of hydrogen-bond donors (Lipinski definition) is 1. The molecule has 118 valence electrons. The van der Waals surface area contributed by atoms with E-state index in [1.165, 1.54) is 19.3 Å². The SMILES string of the molecule is CCCCCCCC(O)c1cc2c(cc1Cl)OCCCO2. The Morgan fingerprint density at radius 3 is 2.48 bits per heavy atom. The molecule has 1 aromatic carbocycles. The van der Waals surface area contributed by atoms with E-state index >= 15 is 0 Å². The van der Waals surface area contributed by atoms with Gasteiger partial charge in [0.25, 0.3) is 0 Å². The van der Waals surface area contributed by atoms with E-state index in [9.17, 15) is 5.11 Å². The molecule has 0 spiro atoms. The molecule has 0 radical (unpaired) electrons. The molecule has 1 N–H and O–H groups in total. The van der Waals surface area contributed by atoms with Gasteiger partial charge in [0, 0.05) is 18.1 Å². The lowest BCUT2D eigenvalue weighted by Crippen LogP contribution is -2.01. The second kappa shape index (κ2) is 8.50. The summed E-state index contributed by atoms with van der Waals surface area (Å²) in [7, 11) is 0. The normalized spacial score (nSPS) is 15.6. The summed E-state index contributed by atoms with van der Waals surface area (Å²) >= 11 is 6.28. The summed E-state index contributed by atoms with van der Waals surface area (Å²) in [5, 5.41) is 10.9. The minimum atomic E-state index is -0.531. The number of aliphatic hydroxyl groups excluding tert-OH is 1. The van der Waals surface area contributed by atoms with Crippen molar-refractivity contribution in [1.82, 2.24) is 0 Å². The highest BCUT2D eigenvalue weighted by atomic mass is 35.5. The number of aliphatic hydroxyl groups is 1. The van der Waals surface area contributed by atoms with Gasteiger partial charge in [0.15, 0.2) is 11.5 Å². The summed E-state index contributed by atoms with van der Waals surface area (Å²) in [6.45, 7) is 3.48. The van der Waals surface area contributed by atoms with Crippen molar-refractivity contribution in [3.05, 3.63) is 22.7 Å². The van der Waals surface area contributed by atoms with Crippen molar-refractivity contribution in [3.8, 4) is 11.5 Å². The summed E-state index contributed by atoms with van der Waals surface area (Å²) < 4.78 is 11.3. The average molecular weight is 313 g/mol. The van der Waals surface area contributed by atoms with E-state index in [0.717, 1.165) is 31.2 Å². The quantitative estimate of drug-likeness (QED) is 0.728. The fraction of sp³-hybridized carbons (Fsp3) is 0.647. The van der Waals surface area contributed by atoms with E-state index in [0.29, 0.717) is 29.7 Å². The van der Waals surface area contributed by atoms with Crippen LogP contribution in [0.15, 0.2) is 12.1 Å². The molecule has 0 fully saturated rings. The standard InChI is InChI=1S/C17H25ClO3/c1-2-3-4-5-6-8-15(19)13-11-16-17(12-14(13)18)21-10-7-9-20-16/h11-12,15,19H,2-10H2,1H3. The van der Waals surface area contributed by atoms with Gasteiger partial charge in [-0.3, -0.25) is 0 Å². The Morgan fingerprint density at radius 2 is 1.76 bits per heavy atom.